The van der Waals surface area contributed by atoms with Gasteiger partial charge >= 0.3 is 12.0 Å². The SMILES string of the molecule is C[C@]12CCC3C(CCC4(O)CC(O)CC[C@]34C=NNC(N)=O)C1(O)CC[C@H]2C1=CC(=O)OC1. The van der Waals surface area contributed by atoms with Crippen LogP contribution in [0.3, 0.4) is 0 Å². The lowest BCUT2D eigenvalue weighted by atomic mass is 9.41. The number of hydrogen-bond donors (Lipinski definition) is 5. The largest absolute Gasteiger partial charge is 0.458 e. The number of cyclic esters (lactones) is 1. The van der Waals surface area contributed by atoms with E-state index in [0.29, 0.717) is 38.7 Å². The van der Waals surface area contributed by atoms with Gasteiger partial charge in [-0.3, -0.25) is 0 Å². The summed E-state index contributed by atoms with van der Waals surface area (Å²) in [4.78, 5) is 23.0. The lowest BCUT2D eigenvalue weighted by molar-refractivity contribution is -0.237. The van der Waals surface area contributed by atoms with E-state index in [9.17, 15) is 24.9 Å². The normalized spacial score (nSPS) is 49.1. The van der Waals surface area contributed by atoms with Crippen LogP contribution >= 0.6 is 0 Å². The van der Waals surface area contributed by atoms with E-state index >= 15 is 0 Å². The molecule has 8 atom stereocenters. The van der Waals surface area contributed by atoms with Crippen LogP contribution < -0.4 is 11.2 Å². The molecule has 6 N–H and O–H groups in total. The molecule has 0 aromatic rings. The Balaban J connectivity index is 1.52. The van der Waals surface area contributed by atoms with Crippen molar-refractivity contribution in [3.05, 3.63) is 11.6 Å². The molecule has 0 radical (unpaired) electrons. The van der Waals surface area contributed by atoms with Crippen molar-refractivity contribution in [2.75, 3.05) is 6.61 Å². The zero-order valence-electron chi connectivity index (χ0n) is 19.1. The molecule has 0 saturated heterocycles. The van der Waals surface area contributed by atoms with Gasteiger partial charge < -0.3 is 25.8 Å². The molecule has 4 aliphatic carbocycles. The lowest BCUT2D eigenvalue weighted by Crippen LogP contribution is -2.68. The fourth-order valence-corrected chi connectivity index (χ4v) is 8.57. The number of aliphatic hydroxyl groups is 3. The zero-order valence-corrected chi connectivity index (χ0v) is 19.1. The number of hydrazone groups is 1. The standard InChI is InChI=1S/C24H35N3O6/c1-21-6-3-17-18(24(21,32)9-5-16(21)14-10-19(29)33-12-14)4-8-23(31)11-15(28)2-7-22(17,23)13-26-27-20(25)30/h10,13,15-18,28,31-32H,2-9,11-12H2,1H3,(H3,25,27,30)/t15?,16-,17?,18?,21+,22-,23?,24?/m0/s1. The lowest BCUT2D eigenvalue weighted by Gasteiger charge is -2.65. The van der Waals surface area contributed by atoms with Crippen molar-refractivity contribution in [2.45, 2.75) is 82.0 Å². The maximum atomic E-state index is 12.3. The molecule has 5 unspecified atom stereocenters. The van der Waals surface area contributed by atoms with Crippen LogP contribution in [0, 0.1) is 28.6 Å². The third-order valence-electron chi connectivity index (χ3n) is 10.1. The van der Waals surface area contributed by atoms with E-state index in [4.69, 9.17) is 10.5 Å². The summed E-state index contributed by atoms with van der Waals surface area (Å²) in [6, 6.07) is -0.774. The first-order valence-electron chi connectivity index (χ1n) is 12.1. The van der Waals surface area contributed by atoms with Gasteiger partial charge in [0.05, 0.1) is 17.3 Å². The first-order valence-corrected chi connectivity index (χ1v) is 12.1. The van der Waals surface area contributed by atoms with E-state index in [1.807, 2.05) is 0 Å². The van der Waals surface area contributed by atoms with Gasteiger partial charge in [-0.1, -0.05) is 6.92 Å². The van der Waals surface area contributed by atoms with Crippen LogP contribution in [-0.4, -0.2) is 57.4 Å². The number of aliphatic hydroxyl groups excluding tert-OH is 1. The first-order chi connectivity index (χ1) is 15.5. The van der Waals surface area contributed by atoms with Crippen LogP contribution in [0.1, 0.15) is 64.7 Å². The van der Waals surface area contributed by atoms with Crippen LogP contribution in [0.15, 0.2) is 16.8 Å². The van der Waals surface area contributed by atoms with Gasteiger partial charge in [-0.2, -0.15) is 5.10 Å². The predicted octanol–water partition coefficient (Wildman–Crippen LogP) is 1.35. The molecule has 0 aromatic heterocycles. The van der Waals surface area contributed by atoms with Crippen LogP contribution in [0.5, 0.6) is 0 Å². The summed E-state index contributed by atoms with van der Waals surface area (Å²) in [6.45, 7) is 2.45. The summed E-state index contributed by atoms with van der Waals surface area (Å²) in [5.41, 5.74) is 5.21. The van der Waals surface area contributed by atoms with E-state index in [0.717, 1.165) is 24.8 Å². The maximum absolute atomic E-state index is 12.3. The van der Waals surface area contributed by atoms with Crippen LogP contribution in [0.4, 0.5) is 4.79 Å². The number of hydrogen-bond acceptors (Lipinski definition) is 7. The number of ether oxygens (including phenoxy) is 1. The average Bonchev–Trinajstić information content (AvgIpc) is 3.28. The molecular formula is C24H35N3O6. The number of nitrogens with one attached hydrogen (secondary N) is 1. The number of carbonyl (C=O) groups is 2. The Hall–Kier alpha value is -1.97. The highest BCUT2D eigenvalue weighted by molar-refractivity contribution is 5.85. The molecule has 0 spiro atoms. The fraction of sp³-hybridized carbons (Fsp3) is 0.792. The Labute approximate surface area is 193 Å². The summed E-state index contributed by atoms with van der Waals surface area (Å²) in [5.74, 6) is -0.326. The number of carbonyl (C=O) groups excluding carboxylic acids is 2. The topological polar surface area (TPSA) is 154 Å². The molecule has 9 nitrogen and oxygen atoms in total. The Bertz CT molecular complexity index is 922. The molecule has 1 aliphatic heterocycles. The van der Waals surface area contributed by atoms with E-state index in [2.05, 4.69) is 17.5 Å². The number of nitrogens with zero attached hydrogens (tertiary/aromatic N) is 1. The zero-order chi connectivity index (χ0) is 23.6. The number of nitrogens with two attached hydrogens (primary N) is 1. The van der Waals surface area contributed by atoms with Crippen LogP contribution in [0.25, 0.3) is 0 Å². The maximum Gasteiger partial charge on any atom is 0.332 e. The fourth-order valence-electron chi connectivity index (χ4n) is 8.57. The molecule has 4 saturated carbocycles. The van der Waals surface area contributed by atoms with Crippen molar-refractivity contribution in [3.8, 4) is 0 Å². The molecule has 4 fully saturated rings. The third kappa shape index (κ3) is 3.12. The molecule has 5 aliphatic rings. The number of urea groups is 1. The summed E-state index contributed by atoms with van der Waals surface area (Å²) in [5, 5.41) is 38.6. The highest BCUT2D eigenvalue weighted by atomic mass is 16.5. The molecule has 9 heteroatoms. The van der Waals surface area contributed by atoms with Gasteiger partial charge in [-0.25, -0.2) is 15.0 Å². The van der Waals surface area contributed by atoms with Crippen molar-refractivity contribution in [3.63, 3.8) is 0 Å². The molecule has 182 valence electrons. The van der Waals surface area contributed by atoms with Crippen LogP contribution in [-0.2, 0) is 9.53 Å². The predicted molar refractivity (Wildman–Crippen MR) is 119 cm³/mol. The molecule has 2 amide bonds. The van der Waals surface area contributed by atoms with Gasteiger partial charge in [-0.05, 0) is 74.7 Å². The Morgan fingerprint density at radius 1 is 1.18 bits per heavy atom. The van der Waals surface area contributed by atoms with E-state index in [1.165, 1.54) is 0 Å². The molecular weight excluding hydrogens is 426 g/mol. The Morgan fingerprint density at radius 2 is 1.94 bits per heavy atom. The molecule has 0 bridgehead atoms. The quantitative estimate of drug-likeness (QED) is 0.243. The van der Waals surface area contributed by atoms with Gasteiger partial charge in [0.1, 0.15) is 6.61 Å². The van der Waals surface area contributed by atoms with Gasteiger partial charge in [0.15, 0.2) is 0 Å². The van der Waals surface area contributed by atoms with Gasteiger partial charge in [-0.15, -0.1) is 0 Å². The van der Waals surface area contributed by atoms with Crippen molar-refractivity contribution in [1.82, 2.24) is 5.43 Å². The van der Waals surface area contributed by atoms with Crippen molar-refractivity contribution in [1.29, 1.82) is 0 Å². The summed E-state index contributed by atoms with van der Waals surface area (Å²) >= 11 is 0. The van der Waals surface area contributed by atoms with Crippen molar-refractivity contribution < 1.29 is 29.6 Å². The number of rotatable bonds is 3. The summed E-state index contributed by atoms with van der Waals surface area (Å²) in [7, 11) is 0. The molecule has 5 rings (SSSR count). The number of amides is 2. The molecule has 0 aromatic carbocycles. The highest BCUT2D eigenvalue weighted by Gasteiger charge is 2.71. The highest BCUT2D eigenvalue weighted by Crippen LogP contribution is 2.70. The third-order valence-corrected chi connectivity index (χ3v) is 10.1. The number of primary amides is 1. The van der Waals surface area contributed by atoms with Crippen LogP contribution in [0.2, 0.25) is 0 Å². The summed E-state index contributed by atoms with van der Waals surface area (Å²) < 4.78 is 5.18. The number of fused-ring (bicyclic) bond motifs is 5. The van der Waals surface area contributed by atoms with E-state index < -0.39 is 28.8 Å². The van der Waals surface area contributed by atoms with Gasteiger partial charge in [0.2, 0.25) is 0 Å². The minimum atomic E-state index is -1.16. The molecule has 1 heterocycles. The van der Waals surface area contributed by atoms with E-state index in [-0.39, 0.29) is 35.6 Å². The average molecular weight is 462 g/mol. The van der Waals surface area contributed by atoms with Gasteiger partial charge in [0.25, 0.3) is 0 Å². The second kappa shape index (κ2) is 7.52. The van der Waals surface area contributed by atoms with E-state index in [1.54, 1.807) is 12.3 Å². The first kappa shape index (κ1) is 22.8. The Kier molecular flexibility index (Phi) is 5.19. The Morgan fingerprint density at radius 3 is 2.64 bits per heavy atom. The van der Waals surface area contributed by atoms with Crippen molar-refractivity contribution >= 4 is 18.2 Å². The van der Waals surface area contributed by atoms with Gasteiger partial charge in [0, 0.05) is 29.5 Å². The minimum Gasteiger partial charge on any atom is -0.458 e. The second-order valence-electron chi connectivity index (χ2n) is 11.3. The molecule has 33 heavy (non-hydrogen) atoms. The monoisotopic (exact) mass is 461 g/mol. The minimum absolute atomic E-state index is 0.0468. The summed E-state index contributed by atoms with van der Waals surface area (Å²) in [6.07, 6.45) is 8.02. The number of esters is 1. The smallest absolute Gasteiger partial charge is 0.332 e. The second-order valence-corrected chi connectivity index (χ2v) is 11.3. The van der Waals surface area contributed by atoms with Crippen molar-refractivity contribution in [2.24, 2.45) is 39.4 Å².